The molecular weight excluding hydrogens is 236 g/mol. The molecule has 1 saturated heterocycles. The van der Waals surface area contributed by atoms with Gasteiger partial charge in [-0.15, -0.1) is 0 Å². The van der Waals surface area contributed by atoms with Crippen molar-refractivity contribution in [3.05, 3.63) is 0 Å². The fourth-order valence-corrected chi connectivity index (χ4v) is 4.42. The summed E-state index contributed by atoms with van der Waals surface area (Å²) in [5.74, 6) is 1.28. The Morgan fingerprint density at radius 2 is 1.84 bits per heavy atom. The van der Waals surface area contributed by atoms with Crippen molar-refractivity contribution in [2.24, 2.45) is 5.92 Å². The monoisotopic (exact) mass is 264 g/mol. The zero-order valence-corrected chi connectivity index (χ0v) is 12.5. The molecule has 0 aromatic carbocycles. The van der Waals surface area contributed by atoms with Crippen molar-refractivity contribution in [1.82, 2.24) is 10.2 Å². The van der Waals surface area contributed by atoms with E-state index in [1.807, 2.05) is 0 Å². The lowest BCUT2D eigenvalue weighted by molar-refractivity contribution is -0.136. The summed E-state index contributed by atoms with van der Waals surface area (Å²) < 4.78 is 0. The van der Waals surface area contributed by atoms with Gasteiger partial charge in [0.1, 0.15) is 0 Å². The third-order valence-electron chi connectivity index (χ3n) is 5.65. The summed E-state index contributed by atoms with van der Waals surface area (Å²) in [6.45, 7) is 4.55. The summed E-state index contributed by atoms with van der Waals surface area (Å²) in [5.41, 5.74) is -0.177. The van der Waals surface area contributed by atoms with Crippen molar-refractivity contribution in [1.29, 1.82) is 0 Å². The van der Waals surface area contributed by atoms with E-state index in [0.717, 1.165) is 25.2 Å². The van der Waals surface area contributed by atoms with Crippen LogP contribution in [0.1, 0.15) is 71.6 Å². The molecule has 1 spiro atoms. The topological polar surface area (TPSA) is 32.3 Å². The largest absolute Gasteiger partial charge is 0.323 e. The molecule has 2 aliphatic carbocycles. The quantitative estimate of drug-likeness (QED) is 0.831. The number of nitrogens with one attached hydrogen (secondary N) is 1. The zero-order chi connectivity index (χ0) is 13.5. The van der Waals surface area contributed by atoms with Crippen LogP contribution in [-0.4, -0.2) is 28.6 Å². The van der Waals surface area contributed by atoms with E-state index in [2.05, 4.69) is 24.1 Å². The molecule has 0 radical (unpaired) electrons. The summed E-state index contributed by atoms with van der Waals surface area (Å²) >= 11 is 0. The minimum atomic E-state index is -0.177. The molecule has 1 atom stereocenters. The van der Waals surface area contributed by atoms with Gasteiger partial charge in [0, 0.05) is 6.04 Å². The molecule has 1 unspecified atom stereocenters. The van der Waals surface area contributed by atoms with E-state index in [1.165, 1.54) is 38.5 Å². The first-order chi connectivity index (χ1) is 9.16. The Kier molecular flexibility index (Phi) is 3.59. The second-order valence-corrected chi connectivity index (χ2v) is 6.98. The average molecular weight is 264 g/mol. The van der Waals surface area contributed by atoms with Crippen LogP contribution < -0.4 is 5.32 Å². The summed E-state index contributed by atoms with van der Waals surface area (Å²) in [7, 11) is 0. The number of hydrogen-bond donors (Lipinski definition) is 1. The molecule has 3 fully saturated rings. The Morgan fingerprint density at radius 3 is 2.42 bits per heavy atom. The maximum Gasteiger partial charge on any atom is 0.244 e. The van der Waals surface area contributed by atoms with E-state index in [9.17, 15) is 4.79 Å². The van der Waals surface area contributed by atoms with Gasteiger partial charge in [-0.25, -0.2) is 0 Å². The van der Waals surface area contributed by atoms with Crippen LogP contribution >= 0.6 is 0 Å². The fourth-order valence-electron chi connectivity index (χ4n) is 4.42. The number of carbonyl (C=O) groups excluding carboxylic acids is 1. The van der Waals surface area contributed by atoms with Gasteiger partial charge in [0.05, 0.1) is 11.7 Å². The van der Waals surface area contributed by atoms with Crippen molar-refractivity contribution in [2.75, 3.05) is 0 Å². The molecule has 1 amide bonds. The van der Waals surface area contributed by atoms with E-state index < -0.39 is 0 Å². The first-order valence-electron chi connectivity index (χ1n) is 8.27. The highest BCUT2D eigenvalue weighted by Crippen LogP contribution is 2.40. The van der Waals surface area contributed by atoms with E-state index in [1.54, 1.807) is 0 Å². The third kappa shape index (κ3) is 2.20. The van der Waals surface area contributed by atoms with E-state index in [0.29, 0.717) is 18.1 Å². The number of amides is 1. The van der Waals surface area contributed by atoms with Crippen molar-refractivity contribution in [3.8, 4) is 0 Å². The molecule has 19 heavy (non-hydrogen) atoms. The minimum absolute atomic E-state index is 0.177. The number of carbonyl (C=O) groups is 1. The third-order valence-corrected chi connectivity index (χ3v) is 5.65. The number of hydrogen-bond acceptors (Lipinski definition) is 2. The van der Waals surface area contributed by atoms with Crippen molar-refractivity contribution >= 4 is 5.91 Å². The Labute approximate surface area is 117 Å². The molecular formula is C16H28N2O. The predicted octanol–water partition coefficient (Wildman–Crippen LogP) is 3.05. The first-order valence-corrected chi connectivity index (χ1v) is 8.27. The first kappa shape index (κ1) is 13.4. The van der Waals surface area contributed by atoms with Crippen molar-refractivity contribution < 1.29 is 4.79 Å². The lowest BCUT2D eigenvalue weighted by Crippen LogP contribution is -2.46. The Hall–Kier alpha value is -0.570. The van der Waals surface area contributed by atoms with Crippen molar-refractivity contribution in [2.45, 2.75) is 89.4 Å². The van der Waals surface area contributed by atoms with Crippen molar-refractivity contribution in [3.63, 3.8) is 0 Å². The van der Waals surface area contributed by atoms with Gasteiger partial charge in [-0.05, 0) is 50.9 Å². The molecule has 0 aromatic heterocycles. The zero-order valence-electron chi connectivity index (χ0n) is 12.5. The highest BCUT2D eigenvalue weighted by molar-refractivity contribution is 5.89. The van der Waals surface area contributed by atoms with Gasteiger partial charge < -0.3 is 4.90 Å². The Morgan fingerprint density at radius 1 is 1.21 bits per heavy atom. The van der Waals surface area contributed by atoms with Gasteiger partial charge in [-0.3, -0.25) is 10.1 Å². The van der Waals surface area contributed by atoms with Crippen LogP contribution in [-0.2, 0) is 4.79 Å². The molecule has 1 aliphatic heterocycles. The smallest absolute Gasteiger partial charge is 0.244 e. The van der Waals surface area contributed by atoms with Crippen LogP contribution in [0, 0.1) is 5.92 Å². The molecule has 3 heteroatoms. The molecule has 1 heterocycles. The molecule has 3 nitrogen and oxygen atoms in total. The maximum atomic E-state index is 12.9. The average Bonchev–Trinajstić information content (AvgIpc) is 2.99. The SMILES string of the molecule is CCC1NC2(CCCC2)C(=O)N1C1CCC(C)CC1. The van der Waals surface area contributed by atoms with E-state index >= 15 is 0 Å². The normalized spacial score (nSPS) is 38.3. The van der Waals surface area contributed by atoms with Crippen LogP contribution in [0.15, 0.2) is 0 Å². The molecule has 0 aromatic rings. The highest BCUT2D eigenvalue weighted by atomic mass is 16.2. The van der Waals surface area contributed by atoms with E-state index in [-0.39, 0.29) is 5.54 Å². The van der Waals surface area contributed by atoms with Gasteiger partial charge in [-0.2, -0.15) is 0 Å². The summed E-state index contributed by atoms with van der Waals surface area (Å²) in [4.78, 5) is 15.2. The summed E-state index contributed by atoms with van der Waals surface area (Å²) in [6.07, 6.45) is 10.9. The number of nitrogens with zero attached hydrogens (tertiary/aromatic N) is 1. The molecule has 1 N–H and O–H groups in total. The predicted molar refractivity (Wildman–Crippen MR) is 76.7 cm³/mol. The molecule has 108 valence electrons. The fraction of sp³-hybridized carbons (Fsp3) is 0.938. The Bertz CT molecular complexity index is 341. The maximum absolute atomic E-state index is 12.9. The second kappa shape index (κ2) is 5.08. The number of rotatable bonds is 2. The standard InChI is InChI=1S/C16H28N2O/c1-3-14-17-16(10-4-5-11-16)15(19)18(14)13-8-6-12(2)7-9-13/h12-14,17H,3-11H2,1-2H3. The van der Waals surface area contributed by atoms with Crippen LogP contribution in [0.4, 0.5) is 0 Å². The lowest BCUT2D eigenvalue weighted by atomic mass is 9.86. The van der Waals surface area contributed by atoms with Gasteiger partial charge >= 0.3 is 0 Å². The van der Waals surface area contributed by atoms with Crippen LogP contribution in [0.3, 0.4) is 0 Å². The van der Waals surface area contributed by atoms with E-state index in [4.69, 9.17) is 0 Å². The summed E-state index contributed by atoms with van der Waals surface area (Å²) in [5, 5.41) is 3.70. The van der Waals surface area contributed by atoms with Gasteiger partial charge in [0.25, 0.3) is 0 Å². The highest BCUT2D eigenvalue weighted by Gasteiger charge is 2.53. The second-order valence-electron chi connectivity index (χ2n) is 6.98. The molecule has 2 saturated carbocycles. The van der Waals surface area contributed by atoms with Gasteiger partial charge in [0.15, 0.2) is 0 Å². The molecule has 0 bridgehead atoms. The molecule has 3 rings (SSSR count). The van der Waals surface area contributed by atoms with Crippen LogP contribution in [0.5, 0.6) is 0 Å². The lowest BCUT2D eigenvalue weighted by Gasteiger charge is -2.36. The Balaban J connectivity index is 1.77. The van der Waals surface area contributed by atoms with Crippen LogP contribution in [0.2, 0.25) is 0 Å². The summed E-state index contributed by atoms with van der Waals surface area (Å²) in [6, 6.07) is 0.501. The van der Waals surface area contributed by atoms with Gasteiger partial charge in [-0.1, -0.05) is 26.7 Å². The minimum Gasteiger partial charge on any atom is -0.323 e. The van der Waals surface area contributed by atoms with Gasteiger partial charge in [0.2, 0.25) is 5.91 Å². The molecule has 3 aliphatic rings. The van der Waals surface area contributed by atoms with Crippen LogP contribution in [0.25, 0.3) is 0 Å².